The summed E-state index contributed by atoms with van der Waals surface area (Å²) in [5.74, 6) is 0.547. The van der Waals surface area contributed by atoms with Crippen LogP contribution in [0.2, 0.25) is 0 Å². The molecule has 0 radical (unpaired) electrons. The van der Waals surface area contributed by atoms with E-state index in [1.807, 2.05) is 13.8 Å². The fraction of sp³-hybridized carbons (Fsp3) is 1.00. The van der Waals surface area contributed by atoms with Crippen LogP contribution in [0.5, 0.6) is 0 Å². The second kappa shape index (κ2) is 6.87. The van der Waals surface area contributed by atoms with Gasteiger partial charge in [0.05, 0.1) is 5.25 Å². The maximum absolute atomic E-state index is 12.5. The second-order valence-electron chi connectivity index (χ2n) is 5.69. The normalized spacial score (nSPS) is 18.6. The zero-order valence-electron chi connectivity index (χ0n) is 12.1. The van der Waals surface area contributed by atoms with Crippen molar-refractivity contribution in [1.29, 1.82) is 0 Å². The van der Waals surface area contributed by atoms with Crippen molar-refractivity contribution in [2.24, 2.45) is 5.92 Å². The molecule has 0 aromatic carbocycles. The molecule has 0 bridgehead atoms. The highest BCUT2D eigenvalue weighted by molar-refractivity contribution is 7.89. The van der Waals surface area contributed by atoms with Gasteiger partial charge in [0, 0.05) is 19.1 Å². The smallest absolute Gasteiger partial charge is 0.218 e. The first-order chi connectivity index (χ1) is 8.39. The van der Waals surface area contributed by atoms with E-state index in [1.54, 1.807) is 4.31 Å². The second-order valence-corrected chi connectivity index (χ2v) is 7.99. The van der Waals surface area contributed by atoms with Crippen LogP contribution in [0.1, 0.15) is 47.0 Å². The van der Waals surface area contributed by atoms with E-state index in [1.165, 1.54) is 0 Å². The topological polar surface area (TPSA) is 49.4 Å². The third-order valence-electron chi connectivity index (χ3n) is 3.40. The Kier molecular flexibility index (Phi) is 6.08. The van der Waals surface area contributed by atoms with Crippen LogP contribution in [0.15, 0.2) is 0 Å². The van der Waals surface area contributed by atoms with Crippen molar-refractivity contribution in [3.63, 3.8) is 0 Å². The van der Waals surface area contributed by atoms with Crippen molar-refractivity contribution in [2.45, 2.75) is 58.2 Å². The van der Waals surface area contributed by atoms with Crippen LogP contribution in [-0.2, 0) is 10.0 Å². The van der Waals surface area contributed by atoms with Crippen LogP contribution in [-0.4, -0.2) is 43.6 Å². The minimum atomic E-state index is -3.13. The predicted octanol–water partition coefficient (Wildman–Crippen LogP) is 1.82. The Hall–Kier alpha value is -0.130. The SMILES string of the molecule is CCNCC(C)S(=O)(=O)N(CCC(C)C)C1CC1. The lowest BCUT2D eigenvalue weighted by Gasteiger charge is -2.26. The molecule has 1 aliphatic rings. The van der Waals surface area contributed by atoms with E-state index in [2.05, 4.69) is 19.2 Å². The molecule has 1 rings (SSSR count). The van der Waals surface area contributed by atoms with E-state index in [0.717, 1.165) is 25.8 Å². The van der Waals surface area contributed by atoms with Crippen molar-refractivity contribution in [3.05, 3.63) is 0 Å². The summed E-state index contributed by atoms with van der Waals surface area (Å²) >= 11 is 0. The van der Waals surface area contributed by atoms with Crippen molar-refractivity contribution in [3.8, 4) is 0 Å². The first kappa shape index (κ1) is 15.9. The van der Waals surface area contributed by atoms with Crippen molar-refractivity contribution >= 4 is 10.0 Å². The Balaban J connectivity index is 2.64. The van der Waals surface area contributed by atoms with Crippen LogP contribution < -0.4 is 5.32 Å². The van der Waals surface area contributed by atoms with E-state index in [0.29, 0.717) is 19.0 Å². The summed E-state index contributed by atoms with van der Waals surface area (Å²) in [5.41, 5.74) is 0. The zero-order chi connectivity index (χ0) is 13.8. The molecule has 1 aliphatic carbocycles. The van der Waals surface area contributed by atoms with Gasteiger partial charge in [-0.25, -0.2) is 8.42 Å². The van der Waals surface area contributed by atoms with Crippen LogP contribution in [0.4, 0.5) is 0 Å². The lowest BCUT2D eigenvalue weighted by Crippen LogP contribution is -2.43. The highest BCUT2D eigenvalue weighted by Gasteiger charge is 2.39. The molecule has 1 N–H and O–H groups in total. The van der Waals surface area contributed by atoms with E-state index >= 15 is 0 Å². The fourth-order valence-electron chi connectivity index (χ4n) is 1.95. The minimum absolute atomic E-state index is 0.276. The molecule has 5 heteroatoms. The quantitative estimate of drug-likeness (QED) is 0.699. The van der Waals surface area contributed by atoms with E-state index in [4.69, 9.17) is 0 Å². The summed E-state index contributed by atoms with van der Waals surface area (Å²) < 4.78 is 26.8. The van der Waals surface area contributed by atoms with Crippen LogP contribution in [0.25, 0.3) is 0 Å². The highest BCUT2D eigenvalue weighted by Crippen LogP contribution is 2.31. The van der Waals surface area contributed by atoms with Gasteiger partial charge in [-0.3, -0.25) is 0 Å². The Morgan fingerprint density at radius 3 is 2.33 bits per heavy atom. The molecule has 0 saturated heterocycles. The molecule has 0 amide bonds. The third kappa shape index (κ3) is 4.52. The first-order valence-corrected chi connectivity index (χ1v) is 8.61. The molecule has 18 heavy (non-hydrogen) atoms. The molecule has 0 aliphatic heterocycles. The minimum Gasteiger partial charge on any atom is -0.316 e. The molecule has 1 fully saturated rings. The van der Waals surface area contributed by atoms with Gasteiger partial charge in [0.15, 0.2) is 0 Å². The summed E-state index contributed by atoms with van der Waals surface area (Å²) in [6.45, 7) is 10.1. The van der Waals surface area contributed by atoms with Crippen LogP contribution >= 0.6 is 0 Å². The number of nitrogens with one attached hydrogen (secondary N) is 1. The summed E-state index contributed by atoms with van der Waals surface area (Å²) in [6, 6.07) is 0.276. The molecule has 0 aromatic heterocycles. The van der Waals surface area contributed by atoms with Crippen LogP contribution in [0.3, 0.4) is 0 Å². The van der Waals surface area contributed by atoms with Gasteiger partial charge in [-0.15, -0.1) is 0 Å². The van der Waals surface area contributed by atoms with Gasteiger partial charge >= 0.3 is 0 Å². The molecule has 1 atom stereocenters. The maximum Gasteiger partial charge on any atom is 0.218 e. The Bertz CT molecular complexity index is 337. The molecule has 0 spiro atoms. The molecular weight excluding hydrogens is 248 g/mol. The summed E-state index contributed by atoms with van der Waals surface area (Å²) in [5, 5.41) is 2.80. The Morgan fingerprint density at radius 2 is 1.89 bits per heavy atom. The fourth-order valence-corrected chi connectivity index (χ4v) is 3.73. The van der Waals surface area contributed by atoms with Gasteiger partial charge < -0.3 is 5.32 Å². The van der Waals surface area contributed by atoms with E-state index in [-0.39, 0.29) is 11.3 Å². The first-order valence-electron chi connectivity index (χ1n) is 7.11. The van der Waals surface area contributed by atoms with E-state index < -0.39 is 10.0 Å². The molecular formula is C13H28N2O2S. The monoisotopic (exact) mass is 276 g/mol. The van der Waals surface area contributed by atoms with Gasteiger partial charge in [0.2, 0.25) is 10.0 Å². The van der Waals surface area contributed by atoms with E-state index in [9.17, 15) is 8.42 Å². The number of hydrogen-bond donors (Lipinski definition) is 1. The van der Waals surface area contributed by atoms with Crippen molar-refractivity contribution in [1.82, 2.24) is 9.62 Å². The molecule has 108 valence electrons. The summed E-state index contributed by atoms with van der Waals surface area (Å²) in [6.07, 6.45) is 3.01. The van der Waals surface area contributed by atoms with Crippen LogP contribution in [0, 0.1) is 5.92 Å². The molecule has 0 heterocycles. The Labute approximate surface area is 112 Å². The third-order valence-corrected chi connectivity index (χ3v) is 5.72. The zero-order valence-corrected chi connectivity index (χ0v) is 13.0. The van der Waals surface area contributed by atoms with Crippen molar-refractivity contribution in [2.75, 3.05) is 19.6 Å². The average molecular weight is 276 g/mol. The van der Waals surface area contributed by atoms with Gasteiger partial charge in [0.1, 0.15) is 0 Å². The standard InChI is InChI=1S/C13H28N2O2S/c1-5-14-10-12(4)18(16,17)15(13-6-7-13)9-8-11(2)3/h11-14H,5-10H2,1-4H3. The summed E-state index contributed by atoms with van der Waals surface area (Å²) in [7, 11) is -3.13. The number of hydrogen-bond acceptors (Lipinski definition) is 3. The lowest BCUT2D eigenvalue weighted by molar-refractivity contribution is 0.368. The maximum atomic E-state index is 12.5. The Morgan fingerprint density at radius 1 is 1.28 bits per heavy atom. The van der Waals surface area contributed by atoms with Crippen molar-refractivity contribution < 1.29 is 8.42 Å². The number of rotatable bonds is 9. The van der Waals surface area contributed by atoms with Gasteiger partial charge in [-0.1, -0.05) is 20.8 Å². The van der Waals surface area contributed by atoms with Gasteiger partial charge in [-0.05, 0) is 38.6 Å². The molecule has 1 saturated carbocycles. The number of sulfonamides is 1. The summed E-state index contributed by atoms with van der Waals surface area (Å²) in [4.78, 5) is 0. The average Bonchev–Trinajstić information content (AvgIpc) is 3.09. The predicted molar refractivity (Wildman–Crippen MR) is 76.1 cm³/mol. The van der Waals surface area contributed by atoms with Gasteiger partial charge in [0.25, 0.3) is 0 Å². The molecule has 1 unspecified atom stereocenters. The van der Waals surface area contributed by atoms with Gasteiger partial charge in [-0.2, -0.15) is 4.31 Å². The molecule has 0 aromatic rings. The number of nitrogens with zero attached hydrogens (tertiary/aromatic N) is 1. The lowest BCUT2D eigenvalue weighted by atomic mass is 10.1. The highest BCUT2D eigenvalue weighted by atomic mass is 32.2. The largest absolute Gasteiger partial charge is 0.316 e. The molecule has 4 nitrogen and oxygen atoms in total.